The number of carbonyl (C=O) groups is 1. The highest BCUT2D eigenvalue weighted by molar-refractivity contribution is 7.98. The van der Waals surface area contributed by atoms with Crippen LogP contribution in [0.1, 0.15) is 30.5 Å². The molecular weight excluding hydrogens is 395 g/mol. The molecule has 2 aromatic rings. The van der Waals surface area contributed by atoms with E-state index in [-0.39, 0.29) is 17.6 Å². The zero-order valence-electron chi connectivity index (χ0n) is 18.3. The van der Waals surface area contributed by atoms with Gasteiger partial charge < -0.3 is 10.2 Å². The Labute approximate surface area is 183 Å². The van der Waals surface area contributed by atoms with Gasteiger partial charge in [-0.05, 0) is 90.9 Å². The van der Waals surface area contributed by atoms with Gasteiger partial charge in [0.2, 0.25) is 5.91 Å². The minimum absolute atomic E-state index is 0.0420. The first-order valence-electron chi connectivity index (χ1n) is 10.1. The van der Waals surface area contributed by atoms with Crippen LogP contribution in [0.4, 0.5) is 4.39 Å². The standard InChI is InChI=1S/C25H29FN2OS/c1-16-22(14-18-6-9-20(30-5)10-7-18)21-11-8-19(26)15-23(21)24(16)17(2)25(29)28(4)13-12-27-3/h6-11,14-15,17,27H,12-13H2,1-5H3/b22-14-. The second-order valence-corrected chi connectivity index (χ2v) is 8.52. The molecule has 0 aliphatic heterocycles. The number of halogens is 1. The Kier molecular flexibility index (Phi) is 7.16. The molecule has 0 bridgehead atoms. The molecule has 2 aromatic carbocycles. The van der Waals surface area contributed by atoms with Gasteiger partial charge in [-0.3, -0.25) is 4.79 Å². The van der Waals surface area contributed by atoms with Gasteiger partial charge in [0.15, 0.2) is 0 Å². The first-order valence-corrected chi connectivity index (χ1v) is 11.4. The molecule has 0 heterocycles. The predicted octanol–water partition coefficient (Wildman–Crippen LogP) is 5.19. The number of hydrogen-bond acceptors (Lipinski definition) is 3. The fourth-order valence-corrected chi connectivity index (χ4v) is 4.39. The number of amides is 1. The maximum atomic E-state index is 14.1. The number of fused-ring (bicyclic) bond motifs is 1. The Hall–Kier alpha value is -2.37. The predicted molar refractivity (Wildman–Crippen MR) is 126 cm³/mol. The summed E-state index contributed by atoms with van der Waals surface area (Å²) in [5, 5.41) is 3.07. The first-order chi connectivity index (χ1) is 14.4. The van der Waals surface area contributed by atoms with E-state index in [0.717, 1.165) is 40.0 Å². The molecule has 0 fully saturated rings. The lowest BCUT2D eigenvalue weighted by molar-refractivity contribution is -0.131. The van der Waals surface area contributed by atoms with Gasteiger partial charge in [0.05, 0.1) is 5.92 Å². The maximum absolute atomic E-state index is 14.1. The smallest absolute Gasteiger partial charge is 0.229 e. The van der Waals surface area contributed by atoms with Crippen LogP contribution < -0.4 is 5.32 Å². The van der Waals surface area contributed by atoms with Gasteiger partial charge in [-0.15, -0.1) is 11.8 Å². The van der Waals surface area contributed by atoms with Crippen molar-refractivity contribution in [3.8, 4) is 0 Å². The summed E-state index contributed by atoms with van der Waals surface area (Å²) in [6.07, 6.45) is 4.19. The van der Waals surface area contributed by atoms with E-state index in [2.05, 4.69) is 41.9 Å². The third kappa shape index (κ3) is 4.52. The molecule has 158 valence electrons. The van der Waals surface area contributed by atoms with Crippen molar-refractivity contribution in [2.24, 2.45) is 5.92 Å². The zero-order valence-corrected chi connectivity index (χ0v) is 19.1. The van der Waals surface area contributed by atoms with Crippen LogP contribution in [0, 0.1) is 11.7 Å². The molecule has 1 atom stereocenters. The largest absolute Gasteiger partial charge is 0.344 e. The summed E-state index contributed by atoms with van der Waals surface area (Å²) in [4.78, 5) is 16.0. The van der Waals surface area contributed by atoms with Crippen molar-refractivity contribution in [3.05, 3.63) is 70.5 Å². The van der Waals surface area contributed by atoms with Gasteiger partial charge in [-0.25, -0.2) is 4.39 Å². The summed E-state index contributed by atoms with van der Waals surface area (Å²) >= 11 is 1.71. The summed E-state index contributed by atoms with van der Waals surface area (Å²) in [5.74, 6) is -0.592. The van der Waals surface area contributed by atoms with Crippen molar-refractivity contribution in [1.82, 2.24) is 10.2 Å². The third-order valence-corrected chi connectivity index (χ3v) is 6.42. The normalized spacial score (nSPS) is 15.5. The van der Waals surface area contributed by atoms with E-state index >= 15 is 0 Å². The van der Waals surface area contributed by atoms with E-state index in [0.29, 0.717) is 6.54 Å². The zero-order chi connectivity index (χ0) is 21.8. The van der Waals surface area contributed by atoms with E-state index in [4.69, 9.17) is 0 Å². The number of thioether (sulfide) groups is 1. The summed E-state index contributed by atoms with van der Waals surface area (Å²) in [7, 11) is 3.69. The fourth-order valence-electron chi connectivity index (χ4n) is 3.98. The molecule has 5 heteroatoms. The van der Waals surface area contributed by atoms with E-state index in [1.807, 2.05) is 34.0 Å². The molecule has 0 aromatic heterocycles. The molecule has 1 unspecified atom stereocenters. The van der Waals surface area contributed by atoms with Gasteiger partial charge in [0, 0.05) is 25.0 Å². The minimum atomic E-state index is -0.350. The molecule has 3 nitrogen and oxygen atoms in total. The van der Waals surface area contributed by atoms with Crippen molar-refractivity contribution in [2.45, 2.75) is 18.7 Å². The number of nitrogens with one attached hydrogen (secondary N) is 1. The summed E-state index contributed by atoms with van der Waals surface area (Å²) in [5.41, 5.74) is 5.89. The number of rotatable bonds is 7. The molecule has 0 spiro atoms. The van der Waals surface area contributed by atoms with Crippen LogP contribution in [0.2, 0.25) is 0 Å². The second-order valence-electron chi connectivity index (χ2n) is 7.64. The summed E-state index contributed by atoms with van der Waals surface area (Å²) in [6, 6.07) is 13.3. The lowest BCUT2D eigenvalue weighted by Crippen LogP contribution is -2.36. The van der Waals surface area contributed by atoms with Crippen LogP contribution in [0.3, 0.4) is 0 Å². The molecule has 1 aliphatic carbocycles. The molecule has 1 amide bonds. The van der Waals surface area contributed by atoms with Crippen LogP contribution in [-0.4, -0.2) is 44.2 Å². The Bertz CT molecular complexity index is 995. The lowest BCUT2D eigenvalue weighted by Gasteiger charge is -2.23. The number of allylic oxidation sites excluding steroid dienone is 2. The van der Waals surface area contributed by atoms with E-state index in [1.54, 1.807) is 22.7 Å². The van der Waals surface area contributed by atoms with Crippen LogP contribution in [-0.2, 0) is 4.79 Å². The van der Waals surface area contributed by atoms with E-state index in [9.17, 15) is 9.18 Å². The number of likely N-dealkylation sites (N-methyl/N-ethyl adjacent to an activating group) is 2. The molecule has 0 saturated carbocycles. The van der Waals surface area contributed by atoms with Gasteiger partial charge >= 0.3 is 0 Å². The van der Waals surface area contributed by atoms with Crippen molar-refractivity contribution >= 4 is 34.9 Å². The van der Waals surface area contributed by atoms with Crippen LogP contribution >= 0.6 is 11.8 Å². The Balaban J connectivity index is 2.04. The fraction of sp³-hybridized carbons (Fsp3) is 0.320. The van der Waals surface area contributed by atoms with E-state index < -0.39 is 0 Å². The highest BCUT2D eigenvalue weighted by atomic mass is 32.2. The van der Waals surface area contributed by atoms with E-state index in [1.165, 1.54) is 11.0 Å². The molecule has 3 rings (SSSR count). The quantitative estimate of drug-likeness (QED) is 0.621. The Morgan fingerprint density at radius 2 is 1.90 bits per heavy atom. The number of benzene rings is 2. The number of hydrogen-bond donors (Lipinski definition) is 1. The monoisotopic (exact) mass is 424 g/mol. The van der Waals surface area contributed by atoms with Gasteiger partial charge in [0.25, 0.3) is 0 Å². The average molecular weight is 425 g/mol. The van der Waals surface area contributed by atoms with Crippen molar-refractivity contribution in [3.63, 3.8) is 0 Å². The second kappa shape index (κ2) is 9.63. The van der Waals surface area contributed by atoms with Gasteiger partial charge in [-0.1, -0.05) is 18.2 Å². The summed E-state index contributed by atoms with van der Waals surface area (Å²) in [6.45, 7) is 5.32. The molecule has 0 radical (unpaired) electrons. The lowest BCUT2D eigenvalue weighted by atomic mass is 9.92. The van der Waals surface area contributed by atoms with Crippen LogP contribution in [0.15, 0.2) is 52.9 Å². The number of carbonyl (C=O) groups excluding carboxylic acids is 1. The molecule has 0 saturated heterocycles. The maximum Gasteiger partial charge on any atom is 0.229 e. The molecule has 1 N–H and O–H groups in total. The molecular formula is C25H29FN2OS. The van der Waals surface area contributed by atoms with Gasteiger partial charge in [0.1, 0.15) is 5.82 Å². The average Bonchev–Trinajstić information content (AvgIpc) is 3.01. The Morgan fingerprint density at radius 1 is 1.20 bits per heavy atom. The minimum Gasteiger partial charge on any atom is -0.344 e. The van der Waals surface area contributed by atoms with Crippen LogP contribution in [0.5, 0.6) is 0 Å². The summed E-state index contributed by atoms with van der Waals surface area (Å²) < 4.78 is 14.1. The molecule has 1 aliphatic rings. The molecule has 30 heavy (non-hydrogen) atoms. The van der Waals surface area contributed by atoms with Crippen molar-refractivity contribution in [1.29, 1.82) is 0 Å². The van der Waals surface area contributed by atoms with Gasteiger partial charge in [-0.2, -0.15) is 0 Å². The Morgan fingerprint density at radius 3 is 2.53 bits per heavy atom. The SMILES string of the molecule is CNCCN(C)C(=O)C(C)C1=C(C)/C(=C/c2ccc(SC)cc2)c2ccc(F)cc21. The topological polar surface area (TPSA) is 32.3 Å². The van der Waals surface area contributed by atoms with Crippen molar-refractivity contribution in [2.75, 3.05) is 33.4 Å². The highest BCUT2D eigenvalue weighted by Gasteiger charge is 2.31. The third-order valence-electron chi connectivity index (χ3n) is 5.67. The van der Waals surface area contributed by atoms with Crippen LogP contribution in [0.25, 0.3) is 17.2 Å². The highest BCUT2D eigenvalue weighted by Crippen LogP contribution is 2.45. The number of nitrogens with zero attached hydrogens (tertiary/aromatic N) is 1. The first kappa shape index (κ1) is 22.3. The van der Waals surface area contributed by atoms with Crippen molar-refractivity contribution < 1.29 is 9.18 Å².